The second kappa shape index (κ2) is 5.08. The first kappa shape index (κ1) is 10.4. The highest BCUT2D eigenvalue weighted by molar-refractivity contribution is 5.76. The molecule has 0 aliphatic rings. The van der Waals surface area contributed by atoms with Crippen LogP contribution in [0.5, 0.6) is 0 Å². The van der Waals surface area contributed by atoms with Crippen LogP contribution in [-0.2, 0) is 4.79 Å². The molecule has 0 heterocycles. The van der Waals surface area contributed by atoms with Gasteiger partial charge in [-0.25, -0.2) is 0 Å². The standard InChI is InChI=1S/C15H11O/c16-11-5-7-13-6-4-10-15(12-13)14-8-2-1-3-9-14/h1-10,12H/b7-5+. The Morgan fingerprint density at radius 1 is 0.875 bits per heavy atom. The molecule has 0 aliphatic heterocycles. The van der Waals surface area contributed by atoms with Crippen molar-refractivity contribution in [2.45, 2.75) is 0 Å². The lowest BCUT2D eigenvalue weighted by atomic mass is 10.0. The molecule has 0 saturated heterocycles. The highest BCUT2D eigenvalue weighted by Gasteiger charge is 1.96. The van der Waals surface area contributed by atoms with E-state index in [4.69, 9.17) is 0 Å². The van der Waals surface area contributed by atoms with Gasteiger partial charge in [-0.2, -0.15) is 0 Å². The van der Waals surface area contributed by atoms with E-state index in [0.717, 1.165) is 11.1 Å². The van der Waals surface area contributed by atoms with Gasteiger partial charge in [-0.3, -0.25) is 4.79 Å². The van der Waals surface area contributed by atoms with Crippen molar-refractivity contribution in [1.29, 1.82) is 0 Å². The van der Waals surface area contributed by atoms with Crippen LogP contribution in [0, 0.1) is 0 Å². The van der Waals surface area contributed by atoms with Gasteiger partial charge in [0.1, 0.15) is 0 Å². The van der Waals surface area contributed by atoms with E-state index in [2.05, 4.69) is 18.2 Å². The number of rotatable bonds is 3. The fourth-order valence-electron chi connectivity index (χ4n) is 1.58. The maximum Gasteiger partial charge on any atom is 0.225 e. The molecule has 0 spiro atoms. The molecule has 16 heavy (non-hydrogen) atoms. The maximum absolute atomic E-state index is 10.1. The molecule has 1 nitrogen and oxygen atoms in total. The van der Waals surface area contributed by atoms with Gasteiger partial charge in [-0.1, -0.05) is 54.6 Å². The summed E-state index contributed by atoms with van der Waals surface area (Å²) in [6.07, 6.45) is 4.87. The molecule has 0 atom stereocenters. The van der Waals surface area contributed by atoms with Crippen molar-refractivity contribution in [2.75, 3.05) is 0 Å². The SMILES string of the molecule is O=[C]/C=C/c1cccc(-c2ccccc2)c1. The molecular formula is C15H11O. The molecular weight excluding hydrogens is 196 g/mol. The van der Waals surface area contributed by atoms with Crippen LogP contribution in [0.4, 0.5) is 0 Å². The van der Waals surface area contributed by atoms with Crippen molar-refractivity contribution in [2.24, 2.45) is 0 Å². The van der Waals surface area contributed by atoms with Crippen LogP contribution in [0.3, 0.4) is 0 Å². The largest absolute Gasteiger partial charge is 0.286 e. The van der Waals surface area contributed by atoms with Crippen LogP contribution in [0.15, 0.2) is 60.7 Å². The molecule has 1 heteroatoms. The molecule has 1 radical (unpaired) electrons. The Morgan fingerprint density at radius 3 is 2.38 bits per heavy atom. The third-order valence-electron chi connectivity index (χ3n) is 2.34. The minimum atomic E-state index is 1.00. The highest BCUT2D eigenvalue weighted by Crippen LogP contribution is 2.20. The predicted molar refractivity (Wildman–Crippen MR) is 66.6 cm³/mol. The number of benzene rings is 2. The van der Waals surface area contributed by atoms with Crippen molar-refractivity contribution >= 4 is 12.4 Å². The summed E-state index contributed by atoms with van der Waals surface area (Å²) in [4.78, 5) is 10.1. The molecule has 77 valence electrons. The summed E-state index contributed by atoms with van der Waals surface area (Å²) in [6.45, 7) is 0. The molecule has 0 aliphatic carbocycles. The first-order valence-electron chi connectivity index (χ1n) is 5.10. The third-order valence-corrected chi connectivity index (χ3v) is 2.34. The molecule has 0 N–H and O–H groups in total. The molecule has 2 rings (SSSR count). The normalized spacial score (nSPS) is 10.5. The average molecular weight is 207 g/mol. The summed E-state index contributed by atoms with van der Waals surface area (Å²) in [5, 5.41) is 0. The lowest BCUT2D eigenvalue weighted by Crippen LogP contribution is -1.78. The van der Waals surface area contributed by atoms with E-state index < -0.39 is 0 Å². The van der Waals surface area contributed by atoms with Gasteiger partial charge in [-0.05, 0) is 28.8 Å². The summed E-state index contributed by atoms with van der Waals surface area (Å²) < 4.78 is 0. The maximum atomic E-state index is 10.1. The summed E-state index contributed by atoms with van der Waals surface area (Å²) >= 11 is 0. The fraction of sp³-hybridized carbons (Fsp3) is 0. The average Bonchev–Trinajstić information content (AvgIpc) is 2.38. The van der Waals surface area contributed by atoms with Crippen molar-refractivity contribution in [3.63, 3.8) is 0 Å². The zero-order valence-corrected chi connectivity index (χ0v) is 8.76. The van der Waals surface area contributed by atoms with E-state index in [-0.39, 0.29) is 0 Å². The first-order chi connectivity index (χ1) is 7.90. The number of allylic oxidation sites excluding steroid dienone is 1. The monoisotopic (exact) mass is 207 g/mol. The topological polar surface area (TPSA) is 17.1 Å². The van der Waals surface area contributed by atoms with Crippen molar-refractivity contribution in [1.82, 2.24) is 0 Å². The van der Waals surface area contributed by atoms with E-state index in [1.54, 1.807) is 12.4 Å². The Balaban J connectivity index is 2.36. The van der Waals surface area contributed by atoms with Crippen LogP contribution in [0.1, 0.15) is 5.56 Å². The molecule has 0 bridgehead atoms. The Bertz CT molecular complexity index is 498. The third kappa shape index (κ3) is 2.45. The van der Waals surface area contributed by atoms with Crippen LogP contribution in [-0.4, -0.2) is 6.29 Å². The van der Waals surface area contributed by atoms with Gasteiger partial charge < -0.3 is 0 Å². The second-order valence-corrected chi connectivity index (χ2v) is 3.44. The Kier molecular flexibility index (Phi) is 3.29. The van der Waals surface area contributed by atoms with Crippen LogP contribution in [0.2, 0.25) is 0 Å². The van der Waals surface area contributed by atoms with Gasteiger partial charge in [-0.15, -0.1) is 0 Å². The summed E-state index contributed by atoms with van der Waals surface area (Å²) in [6, 6.07) is 18.2. The van der Waals surface area contributed by atoms with E-state index in [0.29, 0.717) is 0 Å². The van der Waals surface area contributed by atoms with E-state index in [9.17, 15) is 4.79 Å². The lowest BCUT2D eigenvalue weighted by Gasteiger charge is -2.02. The van der Waals surface area contributed by atoms with Crippen molar-refractivity contribution in [3.8, 4) is 11.1 Å². The minimum absolute atomic E-state index is 1.00. The molecule has 2 aromatic rings. The molecule has 0 fully saturated rings. The first-order valence-corrected chi connectivity index (χ1v) is 5.10. The zero-order chi connectivity index (χ0) is 11.2. The van der Waals surface area contributed by atoms with Gasteiger partial charge in [0.05, 0.1) is 0 Å². The Morgan fingerprint density at radius 2 is 1.62 bits per heavy atom. The summed E-state index contributed by atoms with van der Waals surface area (Å²) in [7, 11) is 0. The van der Waals surface area contributed by atoms with Crippen molar-refractivity contribution in [3.05, 3.63) is 66.2 Å². The second-order valence-electron chi connectivity index (χ2n) is 3.44. The fourth-order valence-corrected chi connectivity index (χ4v) is 1.58. The molecule has 0 amide bonds. The molecule has 2 aromatic carbocycles. The van der Waals surface area contributed by atoms with Gasteiger partial charge in [0.15, 0.2) is 0 Å². The van der Waals surface area contributed by atoms with Gasteiger partial charge >= 0.3 is 0 Å². The predicted octanol–water partition coefficient (Wildman–Crippen LogP) is 3.48. The summed E-state index contributed by atoms with van der Waals surface area (Å²) in [5.41, 5.74) is 3.33. The van der Waals surface area contributed by atoms with E-state index in [1.807, 2.05) is 36.4 Å². The molecule has 0 unspecified atom stereocenters. The zero-order valence-electron chi connectivity index (χ0n) is 8.76. The Labute approximate surface area is 95.1 Å². The minimum Gasteiger partial charge on any atom is -0.286 e. The smallest absolute Gasteiger partial charge is 0.225 e. The van der Waals surface area contributed by atoms with Gasteiger partial charge in [0.2, 0.25) is 6.29 Å². The van der Waals surface area contributed by atoms with Gasteiger partial charge in [0.25, 0.3) is 0 Å². The van der Waals surface area contributed by atoms with Crippen LogP contribution in [0.25, 0.3) is 17.2 Å². The Hall–Kier alpha value is -2.15. The number of hydrogen-bond acceptors (Lipinski definition) is 1. The van der Waals surface area contributed by atoms with Crippen molar-refractivity contribution < 1.29 is 4.79 Å². The number of carbonyl (C=O) groups excluding carboxylic acids is 1. The van der Waals surface area contributed by atoms with Crippen LogP contribution >= 0.6 is 0 Å². The lowest BCUT2D eigenvalue weighted by molar-refractivity contribution is 0.564. The van der Waals surface area contributed by atoms with Gasteiger partial charge in [0, 0.05) is 0 Å². The molecule has 0 aromatic heterocycles. The van der Waals surface area contributed by atoms with E-state index >= 15 is 0 Å². The quantitative estimate of drug-likeness (QED) is 0.704. The highest BCUT2D eigenvalue weighted by atomic mass is 16.1. The number of hydrogen-bond donors (Lipinski definition) is 0. The van der Waals surface area contributed by atoms with E-state index in [1.165, 1.54) is 11.6 Å². The van der Waals surface area contributed by atoms with Crippen LogP contribution < -0.4 is 0 Å². The summed E-state index contributed by atoms with van der Waals surface area (Å²) in [5.74, 6) is 0. The molecule has 0 saturated carbocycles.